The fourth-order valence-corrected chi connectivity index (χ4v) is 1.62. The molecule has 0 aromatic heterocycles. The number of nitrogens with one attached hydrogen (secondary N) is 1. The lowest BCUT2D eigenvalue weighted by Gasteiger charge is -2.14. The van der Waals surface area contributed by atoms with E-state index in [1.165, 1.54) is 0 Å². The van der Waals surface area contributed by atoms with Crippen LogP contribution in [0.15, 0.2) is 30.3 Å². The van der Waals surface area contributed by atoms with E-state index in [1.54, 1.807) is 0 Å². The maximum atomic E-state index is 5.68. The lowest BCUT2D eigenvalue weighted by atomic mass is 10.1. The molecule has 1 N–H and O–H groups in total. The summed E-state index contributed by atoms with van der Waals surface area (Å²) in [6.45, 7) is 9.71. The zero-order valence-corrected chi connectivity index (χ0v) is 11.3. The third-order valence-electron chi connectivity index (χ3n) is 2.67. The Morgan fingerprint density at radius 1 is 1.06 bits per heavy atom. The Labute approximate surface area is 105 Å². The summed E-state index contributed by atoms with van der Waals surface area (Å²) in [5.74, 6) is 2.36. The lowest BCUT2D eigenvalue weighted by molar-refractivity contribution is 0.280. The van der Waals surface area contributed by atoms with Crippen molar-refractivity contribution in [3.63, 3.8) is 0 Å². The van der Waals surface area contributed by atoms with Crippen LogP contribution in [0, 0.1) is 11.8 Å². The molecule has 0 heterocycles. The minimum absolute atomic E-state index is 0.664. The van der Waals surface area contributed by atoms with Crippen LogP contribution in [0.4, 0.5) is 0 Å². The van der Waals surface area contributed by atoms with E-state index in [4.69, 9.17) is 4.74 Å². The van der Waals surface area contributed by atoms with Gasteiger partial charge in [0.05, 0.1) is 6.61 Å². The van der Waals surface area contributed by atoms with Gasteiger partial charge in [0.25, 0.3) is 0 Å². The van der Waals surface area contributed by atoms with Crippen LogP contribution in [0.1, 0.15) is 27.2 Å². The highest BCUT2D eigenvalue weighted by atomic mass is 16.5. The van der Waals surface area contributed by atoms with Crippen molar-refractivity contribution in [1.82, 2.24) is 5.32 Å². The predicted molar refractivity (Wildman–Crippen MR) is 73.4 cm³/mol. The Bertz CT molecular complexity index is 284. The van der Waals surface area contributed by atoms with Gasteiger partial charge in [0.2, 0.25) is 0 Å². The van der Waals surface area contributed by atoms with Crippen molar-refractivity contribution in [2.24, 2.45) is 11.8 Å². The zero-order chi connectivity index (χ0) is 12.5. The summed E-state index contributed by atoms with van der Waals surface area (Å²) in [4.78, 5) is 0. The third-order valence-corrected chi connectivity index (χ3v) is 2.67. The molecule has 0 radical (unpaired) electrons. The quantitative estimate of drug-likeness (QED) is 0.746. The molecule has 0 aliphatic carbocycles. The largest absolute Gasteiger partial charge is 0.494 e. The maximum Gasteiger partial charge on any atom is 0.119 e. The van der Waals surface area contributed by atoms with Crippen LogP contribution in [0.3, 0.4) is 0 Å². The molecule has 1 unspecified atom stereocenters. The van der Waals surface area contributed by atoms with Crippen LogP contribution in [-0.4, -0.2) is 19.7 Å². The Morgan fingerprint density at radius 2 is 1.76 bits per heavy atom. The highest BCUT2D eigenvalue weighted by Crippen LogP contribution is 2.10. The van der Waals surface area contributed by atoms with Crippen LogP contribution in [-0.2, 0) is 0 Å². The first-order valence-electron chi connectivity index (χ1n) is 6.57. The predicted octanol–water partition coefficient (Wildman–Crippen LogP) is 3.34. The molecule has 2 heteroatoms. The van der Waals surface area contributed by atoms with E-state index in [9.17, 15) is 0 Å². The monoisotopic (exact) mass is 235 g/mol. The summed E-state index contributed by atoms with van der Waals surface area (Å²) in [5, 5.41) is 3.48. The number of ether oxygens (including phenoxy) is 1. The number of hydrogen-bond donors (Lipinski definition) is 1. The Morgan fingerprint density at radius 3 is 2.41 bits per heavy atom. The van der Waals surface area contributed by atoms with Gasteiger partial charge in [-0.1, -0.05) is 39.0 Å². The minimum Gasteiger partial charge on any atom is -0.494 e. The van der Waals surface area contributed by atoms with Crippen molar-refractivity contribution in [2.75, 3.05) is 19.7 Å². The molecule has 0 aliphatic heterocycles. The van der Waals surface area contributed by atoms with Gasteiger partial charge in [-0.05, 0) is 43.5 Å². The molecule has 1 aromatic carbocycles. The van der Waals surface area contributed by atoms with Gasteiger partial charge in [0.1, 0.15) is 5.75 Å². The highest BCUT2D eigenvalue weighted by molar-refractivity contribution is 5.20. The highest BCUT2D eigenvalue weighted by Gasteiger charge is 2.02. The summed E-state index contributed by atoms with van der Waals surface area (Å²) in [5.41, 5.74) is 0. The average molecular weight is 235 g/mol. The lowest BCUT2D eigenvalue weighted by Crippen LogP contribution is -2.26. The standard InChI is InChI=1S/C15H25NO/c1-13(2)11-16-12-14(3)9-10-17-15-7-5-4-6-8-15/h4-8,13-14,16H,9-12H2,1-3H3. The minimum atomic E-state index is 0.664. The van der Waals surface area contributed by atoms with Crippen molar-refractivity contribution in [3.05, 3.63) is 30.3 Å². The van der Waals surface area contributed by atoms with Gasteiger partial charge in [0, 0.05) is 0 Å². The number of para-hydroxylation sites is 1. The molecule has 0 amide bonds. The van der Waals surface area contributed by atoms with Gasteiger partial charge in [-0.25, -0.2) is 0 Å². The molecule has 0 spiro atoms. The number of benzene rings is 1. The summed E-state index contributed by atoms with van der Waals surface area (Å²) in [6, 6.07) is 10.0. The van der Waals surface area contributed by atoms with E-state index in [1.807, 2.05) is 30.3 Å². The summed E-state index contributed by atoms with van der Waals surface area (Å²) >= 11 is 0. The normalized spacial score (nSPS) is 12.7. The fraction of sp³-hybridized carbons (Fsp3) is 0.600. The molecule has 1 aromatic rings. The SMILES string of the molecule is CC(C)CNCC(C)CCOc1ccccc1. The first kappa shape index (κ1) is 14.0. The van der Waals surface area contributed by atoms with E-state index in [-0.39, 0.29) is 0 Å². The molecule has 0 saturated heterocycles. The molecule has 96 valence electrons. The second-order valence-electron chi connectivity index (χ2n) is 5.11. The van der Waals surface area contributed by atoms with E-state index in [2.05, 4.69) is 26.1 Å². The molecule has 0 aliphatic rings. The third kappa shape index (κ3) is 7.01. The first-order valence-corrected chi connectivity index (χ1v) is 6.57. The van der Waals surface area contributed by atoms with Crippen molar-refractivity contribution in [2.45, 2.75) is 27.2 Å². The van der Waals surface area contributed by atoms with E-state index >= 15 is 0 Å². The van der Waals surface area contributed by atoms with Crippen molar-refractivity contribution < 1.29 is 4.74 Å². The van der Waals surface area contributed by atoms with E-state index < -0.39 is 0 Å². The van der Waals surface area contributed by atoms with E-state index in [0.29, 0.717) is 5.92 Å². The topological polar surface area (TPSA) is 21.3 Å². The van der Waals surface area contributed by atoms with Crippen LogP contribution < -0.4 is 10.1 Å². The van der Waals surface area contributed by atoms with Gasteiger partial charge in [0.15, 0.2) is 0 Å². The molecule has 1 rings (SSSR count). The molecule has 0 saturated carbocycles. The molecule has 0 bridgehead atoms. The van der Waals surface area contributed by atoms with Gasteiger partial charge >= 0.3 is 0 Å². The second-order valence-corrected chi connectivity index (χ2v) is 5.11. The van der Waals surface area contributed by atoms with Crippen LogP contribution in [0.25, 0.3) is 0 Å². The molecule has 17 heavy (non-hydrogen) atoms. The summed E-state index contributed by atoms with van der Waals surface area (Å²) in [7, 11) is 0. The smallest absolute Gasteiger partial charge is 0.119 e. The Hall–Kier alpha value is -1.02. The average Bonchev–Trinajstić information content (AvgIpc) is 2.30. The zero-order valence-electron chi connectivity index (χ0n) is 11.3. The molecule has 0 fully saturated rings. The fourth-order valence-electron chi connectivity index (χ4n) is 1.62. The second kappa shape index (κ2) is 8.13. The molecular weight excluding hydrogens is 210 g/mol. The first-order chi connectivity index (χ1) is 8.18. The van der Waals surface area contributed by atoms with Crippen LogP contribution >= 0.6 is 0 Å². The maximum absolute atomic E-state index is 5.68. The molecule has 2 nitrogen and oxygen atoms in total. The van der Waals surface area contributed by atoms with Gasteiger partial charge in [-0.15, -0.1) is 0 Å². The number of rotatable bonds is 8. The van der Waals surface area contributed by atoms with Crippen LogP contribution in [0.5, 0.6) is 5.75 Å². The van der Waals surface area contributed by atoms with Crippen molar-refractivity contribution >= 4 is 0 Å². The van der Waals surface area contributed by atoms with Gasteiger partial charge < -0.3 is 10.1 Å². The Balaban J connectivity index is 2.06. The van der Waals surface area contributed by atoms with Gasteiger partial charge in [-0.2, -0.15) is 0 Å². The van der Waals surface area contributed by atoms with Crippen LogP contribution in [0.2, 0.25) is 0 Å². The Kier molecular flexibility index (Phi) is 6.71. The number of hydrogen-bond acceptors (Lipinski definition) is 2. The molecular formula is C15H25NO. The van der Waals surface area contributed by atoms with Crippen molar-refractivity contribution in [3.8, 4) is 5.75 Å². The van der Waals surface area contributed by atoms with E-state index in [0.717, 1.165) is 37.8 Å². The summed E-state index contributed by atoms with van der Waals surface area (Å²) < 4.78 is 5.68. The summed E-state index contributed by atoms with van der Waals surface area (Å²) in [6.07, 6.45) is 1.10. The van der Waals surface area contributed by atoms with Crippen molar-refractivity contribution in [1.29, 1.82) is 0 Å². The molecule has 1 atom stereocenters. The van der Waals surface area contributed by atoms with Gasteiger partial charge in [-0.3, -0.25) is 0 Å².